The molecule has 0 atom stereocenters. The number of imidazole rings is 1. The molecule has 3 heterocycles. The van der Waals surface area contributed by atoms with Crippen LogP contribution < -0.4 is 0 Å². The van der Waals surface area contributed by atoms with Gasteiger partial charge in [0.2, 0.25) is 0 Å². The number of halogens is 1. The number of hydrogen-bond acceptors (Lipinski definition) is 4. The Hall–Kier alpha value is -6.97. The maximum Gasteiger partial charge on any atom is 0.121 e. The summed E-state index contributed by atoms with van der Waals surface area (Å²) in [5.41, 5.74) is 9.58. The number of aryl methyl sites for hydroxylation is 2. The van der Waals surface area contributed by atoms with Crippen molar-refractivity contribution >= 4 is 33.0 Å². The van der Waals surface area contributed by atoms with Crippen LogP contribution >= 0.6 is 0 Å². The van der Waals surface area contributed by atoms with Crippen molar-refractivity contribution in [3.8, 4) is 56.7 Å². The second-order valence-electron chi connectivity index (χ2n) is 19.5. The molecule has 0 bridgehead atoms. The van der Waals surface area contributed by atoms with Gasteiger partial charge in [0.1, 0.15) is 5.58 Å². The summed E-state index contributed by atoms with van der Waals surface area (Å²) in [6, 6.07) is 46.1. The first kappa shape index (κ1) is 37.8. The number of benzene rings is 7. The molecule has 11 rings (SSSR count). The quantitative estimate of drug-likeness (QED) is 0.142. The number of fused-ring (bicyclic) bond motifs is 4. The maximum absolute atomic E-state index is 12.9. The van der Waals surface area contributed by atoms with Crippen LogP contribution in [0, 0.1) is 48.4 Å². The number of nitrogens with zero attached hydrogens (tertiary/aromatic N) is 4. The maximum atomic E-state index is 12.9. The molecule has 7 aromatic carbocycles. The van der Waals surface area contributed by atoms with Crippen LogP contribution in [0.1, 0.15) is 133 Å². The van der Waals surface area contributed by atoms with Gasteiger partial charge < -0.3 is 14.0 Å². The molecule has 0 unspecified atom stereocenters. The summed E-state index contributed by atoms with van der Waals surface area (Å²) < 4.78 is 114. The summed E-state index contributed by atoms with van der Waals surface area (Å²) in [7, 11) is 0. The molecular formula is C65H59FIrN4O-2. The summed E-state index contributed by atoms with van der Waals surface area (Å²) >= 11 is 0. The third-order valence-electron chi connectivity index (χ3n) is 13.6. The molecule has 5 nitrogen and oxygen atoms in total. The Balaban J connectivity index is 0.000000318. The van der Waals surface area contributed by atoms with E-state index in [0.29, 0.717) is 80.0 Å². The average molecular weight is 1130 g/mol. The number of para-hydroxylation sites is 2. The summed E-state index contributed by atoms with van der Waals surface area (Å²) in [6.45, 7) is 6.63. The van der Waals surface area contributed by atoms with Gasteiger partial charge in [-0.15, -0.1) is 48.0 Å². The van der Waals surface area contributed by atoms with E-state index in [4.69, 9.17) is 17.6 Å². The van der Waals surface area contributed by atoms with Crippen molar-refractivity contribution in [1.29, 1.82) is 5.26 Å². The minimum Gasteiger partial charge on any atom is -0.501 e. The Kier molecular flexibility index (Phi) is 10.8. The fourth-order valence-corrected chi connectivity index (χ4v) is 9.50. The molecule has 1 saturated carbocycles. The Morgan fingerprint density at radius 1 is 0.819 bits per heavy atom. The SMILES string of the molecule is [2H]C([2H])([2H])c1cnc(-c2[c-]cc(F)cc2)cc1C([2H])([2H])[2H].[2H]c1cc(C2([2H])CCC(C)(C)CC2)cc([2H])c1-c1cc(C([2H])(C)C)c(-n2c(-c3[c-]ccc4c3oc3cc(-c5cccc(C#N)c5)ccc34)nc3ccccc32)c(C([2H])(C)C)c1.[Ir]. The first-order valence-corrected chi connectivity index (χ1v) is 23.8. The van der Waals surface area contributed by atoms with Crippen LogP contribution in [0.2, 0.25) is 0 Å². The number of hydrogen-bond donors (Lipinski definition) is 0. The van der Waals surface area contributed by atoms with Gasteiger partial charge in [-0.25, -0.2) is 0 Å². The van der Waals surface area contributed by atoms with Crippen molar-refractivity contribution in [2.24, 2.45) is 5.41 Å². The van der Waals surface area contributed by atoms with Crippen molar-refractivity contribution < 1.29 is 44.0 Å². The van der Waals surface area contributed by atoms with Crippen LogP contribution in [0.4, 0.5) is 4.39 Å². The molecule has 363 valence electrons. The van der Waals surface area contributed by atoms with Crippen LogP contribution in [-0.2, 0) is 20.1 Å². The number of pyridine rings is 1. The summed E-state index contributed by atoms with van der Waals surface area (Å²) in [5.74, 6) is -3.19. The smallest absolute Gasteiger partial charge is 0.121 e. The Bertz CT molecular complexity index is 4100. The average Bonchev–Trinajstić information content (AvgIpc) is 2.12. The zero-order valence-electron chi connectivity index (χ0n) is 51.9. The van der Waals surface area contributed by atoms with E-state index in [1.165, 1.54) is 18.2 Å². The second-order valence-corrected chi connectivity index (χ2v) is 19.5. The Morgan fingerprint density at radius 3 is 2.25 bits per heavy atom. The van der Waals surface area contributed by atoms with Crippen LogP contribution in [-0.4, -0.2) is 14.5 Å². The van der Waals surface area contributed by atoms with Crippen LogP contribution in [0.3, 0.4) is 0 Å². The van der Waals surface area contributed by atoms with Gasteiger partial charge in [-0.2, -0.15) is 5.26 Å². The predicted molar refractivity (Wildman–Crippen MR) is 289 cm³/mol. The van der Waals surface area contributed by atoms with E-state index in [9.17, 15) is 16.5 Å². The van der Waals surface area contributed by atoms with E-state index in [1.807, 2.05) is 117 Å². The molecular weight excluding hydrogens is 1060 g/mol. The predicted octanol–water partition coefficient (Wildman–Crippen LogP) is 17.8. The van der Waals surface area contributed by atoms with Gasteiger partial charge >= 0.3 is 0 Å². The van der Waals surface area contributed by atoms with E-state index in [1.54, 1.807) is 18.2 Å². The van der Waals surface area contributed by atoms with Gasteiger partial charge in [0.05, 0.1) is 36.8 Å². The standard InChI is InChI=1S/C52H48N3O.C13H11FN.Ir/c1-32(2)44-28-40(36-19-17-35(18-20-36)37-23-25-52(5,6)26-24-37)29-45(33(3)4)49(44)55-47-16-8-7-15-46(47)54-51(55)43-14-10-13-42-41-22-21-39(30-48(41)56-50(42)43)38-12-9-11-34(27-38)31-53;1-9-7-13(15-8-10(9)2)11-3-5-12(14)6-4-11;/h7-13,15-22,27-30,32-33,37H,23-26H2,1-6H3;3,5-8H,1-2H3;/q2*-1;/i19D,20D,32D,33D,37D;1D3,2D3;. The van der Waals surface area contributed by atoms with E-state index in [-0.39, 0.29) is 54.4 Å². The first-order chi connectivity index (χ1) is 38.4. The third-order valence-corrected chi connectivity index (χ3v) is 13.6. The zero-order valence-corrected chi connectivity index (χ0v) is 43.3. The van der Waals surface area contributed by atoms with Gasteiger partial charge in [-0.05, 0) is 155 Å². The molecule has 72 heavy (non-hydrogen) atoms. The third kappa shape index (κ3) is 9.96. The molecule has 1 fully saturated rings. The molecule has 1 aliphatic carbocycles. The molecule has 0 spiro atoms. The Labute approximate surface area is 452 Å². The van der Waals surface area contributed by atoms with E-state index in [2.05, 4.69) is 37.0 Å². The van der Waals surface area contributed by atoms with E-state index < -0.39 is 37.2 Å². The molecule has 3 aromatic heterocycles. The largest absolute Gasteiger partial charge is 0.501 e. The molecule has 10 aromatic rings. The van der Waals surface area contributed by atoms with Gasteiger partial charge in [-0.3, -0.25) is 9.37 Å². The zero-order chi connectivity index (χ0) is 59.1. The molecule has 0 saturated heterocycles. The molecule has 0 amide bonds. The van der Waals surface area contributed by atoms with Crippen molar-refractivity contribution in [3.05, 3.63) is 197 Å². The van der Waals surface area contributed by atoms with Gasteiger partial charge in [0.25, 0.3) is 0 Å². The van der Waals surface area contributed by atoms with Crippen molar-refractivity contribution in [3.63, 3.8) is 0 Å². The van der Waals surface area contributed by atoms with Gasteiger partial charge in [-0.1, -0.05) is 125 Å². The van der Waals surface area contributed by atoms with E-state index >= 15 is 0 Å². The molecule has 1 radical (unpaired) electrons. The van der Waals surface area contributed by atoms with E-state index in [0.717, 1.165) is 58.0 Å². The van der Waals surface area contributed by atoms with Gasteiger partial charge in [0.15, 0.2) is 0 Å². The number of nitriles is 1. The fourth-order valence-electron chi connectivity index (χ4n) is 9.50. The topological polar surface area (TPSA) is 67.6 Å². The summed E-state index contributed by atoms with van der Waals surface area (Å²) in [4.78, 5) is 9.18. The molecule has 7 heteroatoms. The minimum absolute atomic E-state index is 0. The molecule has 0 N–H and O–H groups in total. The molecule has 1 aliphatic rings. The Morgan fingerprint density at radius 2 is 1.56 bits per heavy atom. The normalized spacial score (nSPS) is 16.9. The summed E-state index contributed by atoms with van der Waals surface area (Å²) in [6.07, 6.45) is 4.22. The van der Waals surface area contributed by atoms with Crippen molar-refractivity contribution in [2.45, 2.75) is 98.6 Å². The first-order valence-electron chi connectivity index (χ1n) is 29.3. The number of furan rings is 1. The molecule has 0 aliphatic heterocycles. The fraction of sp³-hybridized carbons (Fsp3) is 0.246. The number of rotatable bonds is 8. The second kappa shape index (κ2) is 20.6. The van der Waals surface area contributed by atoms with Crippen LogP contribution in [0.25, 0.3) is 83.6 Å². The van der Waals surface area contributed by atoms with Crippen molar-refractivity contribution in [2.75, 3.05) is 0 Å². The number of aromatic nitrogens is 3. The van der Waals surface area contributed by atoms with Crippen LogP contribution in [0.15, 0.2) is 150 Å². The summed E-state index contributed by atoms with van der Waals surface area (Å²) in [5, 5.41) is 11.3. The van der Waals surface area contributed by atoms with Gasteiger partial charge in [0, 0.05) is 55.5 Å². The minimum atomic E-state index is -2.58. The monoisotopic (exact) mass is 1130 g/mol. The van der Waals surface area contributed by atoms with Crippen molar-refractivity contribution in [1.82, 2.24) is 14.5 Å². The van der Waals surface area contributed by atoms with Crippen LogP contribution in [0.5, 0.6) is 0 Å².